The first-order chi connectivity index (χ1) is 7.70. The molecule has 0 fully saturated rings. The van der Waals surface area contributed by atoms with Crippen molar-refractivity contribution in [1.82, 2.24) is 5.32 Å². The van der Waals surface area contributed by atoms with Gasteiger partial charge in [-0.1, -0.05) is 49.0 Å². The van der Waals surface area contributed by atoms with Crippen LogP contribution in [0.3, 0.4) is 0 Å². The van der Waals surface area contributed by atoms with Crippen molar-refractivity contribution in [3.63, 3.8) is 0 Å². The van der Waals surface area contributed by atoms with Crippen LogP contribution in [-0.4, -0.2) is 29.2 Å². The van der Waals surface area contributed by atoms with Crippen LogP contribution in [0.1, 0.15) is 17.3 Å². The molecule has 0 aromatic heterocycles. The average Bonchev–Trinajstić information content (AvgIpc) is 2.29. The molecule has 0 aliphatic rings. The summed E-state index contributed by atoms with van der Waals surface area (Å²) in [6.07, 6.45) is 0. The van der Waals surface area contributed by atoms with Crippen molar-refractivity contribution in [2.24, 2.45) is 0 Å². The lowest BCUT2D eigenvalue weighted by Gasteiger charge is -2.05. The van der Waals surface area contributed by atoms with Gasteiger partial charge in [-0.25, -0.2) is 0 Å². The van der Waals surface area contributed by atoms with Gasteiger partial charge in [-0.2, -0.15) is 12.6 Å². The Morgan fingerprint density at radius 1 is 1.44 bits per heavy atom. The van der Waals surface area contributed by atoms with Gasteiger partial charge in [0, 0.05) is 29.7 Å². The largest absolute Gasteiger partial charge is 0.315 e. The van der Waals surface area contributed by atoms with Gasteiger partial charge in [0.15, 0.2) is 0 Å². The minimum absolute atomic E-state index is 0.140. The van der Waals surface area contributed by atoms with Gasteiger partial charge in [0.25, 0.3) is 0 Å². The summed E-state index contributed by atoms with van der Waals surface area (Å²) in [6.45, 7) is 3.76. The molecule has 0 radical (unpaired) electrons. The molecule has 0 aliphatic heterocycles. The van der Waals surface area contributed by atoms with E-state index in [0.29, 0.717) is 5.25 Å². The van der Waals surface area contributed by atoms with E-state index in [0.717, 1.165) is 24.4 Å². The number of thiol groups is 1. The maximum atomic E-state index is 11.7. The third-order valence-electron chi connectivity index (χ3n) is 1.96. The lowest BCUT2D eigenvalue weighted by molar-refractivity contribution is 0.108. The van der Waals surface area contributed by atoms with Crippen LogP contribution in [0.4, 0.5) is 0 Å². The molecule has 4 heteroatoms. The molecule has 0 heterocycles. The van der Waals surface area contributed by atoms with Gasteiger partial charge in [-0.15, -0.1) is 0 Å². The third-order valence-corrected chi connectivity index (χ3v) is 3.05. The summed E-state index contributed by atoms with van der Waals surface area (Å²) in [5.41, 5.74) is 0.773. The van der Waals surface area contributed by atoms with Crippen LogP contribution in [0, 0.1) is 0 Å². The van der Waals surface area contributed by atoms with Crippen molar-refractivity contribution in [1.29, 1.82) is 0 Å². The normalized spacial score (nSPS) is 12.4. The standard InChI is InChI=1S/C12H17NOS2/c1-10(15)9-13-7-8-16-12(14)11-5-3-2-4-6-11/h2-6,10,13,15H,7-9H2,1H3/t10-/m0/s1. The van der Waals surface area contributed by atoms with Gasteiger partial charge in [0.2, 0.25) is 5.12 Å². The fraction of sp³-hybridized carbons (Fsp3) is 0.417. The van der Waals surface area contributed by atoms with Gasteiger partial charge in [0.1, 0.15) is 0 Å². The number of carbonyl (C=O) groups is 1. The summed E-state index contributed by atoms with van der Waals surface area (Å²) >= 11 is 5.62. The van der Waals surface area contributed by atoms with E-state index in [4.69, 9.17) is 0 Å². The van der Waals surface area contributed by atoms with Gasteiger partial charge in [-0.3, -0.25) is 4.79 Å². The number of carbonyl (C=O) groups excluding carboxylic acids is 1. The van der Waals surface area contributed by atoms with E-state index in [9.17, 15) is 4.79 Å². The van der Waals surface area contributed by atoms with E-state index in [2.05, 4.69) is 17.9 Å². The molecule has 0 spiro atoms. The fourth-order valence-corrected chi connectivity index (χ4v) is 2.05. The Morgan fingerprint density at radius 3 is 2.75 bits per heavy atom. The summed E-state index contributed by atoms with van der Waals surface area (Å²) in [4.78, 5) is 11.7. The molecular weight excluding hydrogens is 238 g/mol. The molecule has 0 amide bonds. The molecule has 1 atom stereocenters. The lowest BCUT2D eigenvalue weighted by atomic mass is 10.2. The first kappa shape index (κ1) is 13.6. The number of hydrogen-bond donors (Lipinski definition) is 2. The SMILES string of the molecule is C[C@H](S)CNCCSC(=O)c1ccccc1. The van der Waals surface area contributed by atoms with E-state index < -0.39 is 0 Å². The highest BCUT2D eigenvalue weighted by Gasteiger charge is 2.04. The highest BCUT2D eigenvalue weighted by atomic mass is 32.2. The third kappa shape index (κ3) is 5.58. The monoisotopic (exact) mass is 255 g/mol. The van der Waals surface area contributed by atoms with E-state index in [1.807, 2.05) is 37.3 Å². The number of thioether (sulfide) groups is 1. The number of rotatable bonds is 6. The first-order valence-corrected chi connectivity index (χ1v) is 6.81. The second-order valence-corrected chi connectivity index (χ2v) is 5.50. The lowest BCUT2D eigenvalue weighted by Crippen LogP contribution is -2.24. The van der Waals surface area contributed by atoms with E-state index >= 15 is 0 Å². The van der Waals surface area contributed by atoms with Crippen molar-refractivity contribution < 1.29 is 4.79 Å². The van der Waals surface area contributed by atoms with Crippen molar-refractivity contribution >= 4 is 29.5 Å². The molecule has 1 aromatic rings. The maximum absolute atomic E-state index is 11.7. The van der Waals surface area contributed by atoms with Crippen LogP contribution in [0.25, 0.3) is 0 Å². The molecular formula is C12H17NOS2. The molecule has 1 rings (SSSR count). The van der Waals surface area contributed by atoms with Crippen molar-refractivity contribution in [3.8, 4) is 0 Å². The highest BCUT2D eigenvalue weighted by Crippen LogP contribution is 2.11. The van der Waals surface area contributed by atoms with Crippen LogP contribution in [0.5, 0.6) is 0 Å². The highest BCUT2D eigenvalue weighted by molar-refractivity contribution is 8.14. The van der Waals surface area contributed by atoms with Gasteiger partial charge < -0.3 is 5.32 Å². The van der Waals surface area contributed by atoms with Crippen molar-refractivity contribution in [2.45, 2.75) is 12.2 Å². The number of hydrogen-bond acceptors (Lipinski definition) is 4. The molecule has 0 unspecified atom stereocenters. The second-order valence-electron chi connectivity index (χ2n) is 3.56. The zero-order valence-electron chi connectivity index (χ0n) is 9.35. The topological polar surface area (TPSA) is 29.1 Å². The Hall–Kier alpha value is -0.450. The molecule has 0 bridgehead atoms. The Kier molecular flexibility index (Phi) is 6.61. The summed E-state index contributed by atoms with van der Waals surface area (Å²) in [6, 6.07) is 9.37. The summed E-state index contributed by atoms with van der Waals surface area (Å²) in [5.74, 6) is 0.800. The van der Waals surface area contributed by atoms with Crippen molar-refractivity contribution in [3.05, 3.63) is 35.9 Å². The molecule has 16 heavy (non-hydrogen) atoms. The van der Waals surface area contributed by atoms with Crippen molar-refractivity contribution in [2.75, 3.05) is 18.8 Å². The van der Waals surface area contributed by atoms with E-state index in [1.165, 1.54) is 11.8 Å². The van der Waals surface area contributed by atoms with Gasteiger partial charge >= 0.3 is 0 Å². The Balaban J connectivity index is 2.16. The zero-order chi connectivity index (χ0) is 11.8. The van der Waals surface area contributed by atoms with Crippen LogP contribution >= 0.6 is 24.4 Å². The quantitative estimate of drug-likeness (QED) is 0.604. The van der Waals surface area contributed by atoms with E-state index in [-0.39, 0.29) is 5.12 Å². The summed E-state index contributed by atoms with van der Waals surface area (Å²) in [7, 11) is 0. The van der Waals surface area contributed by atoms with Crippen LogP contribution < -0.4 is 5.32 Å². The summed E-state index contributed by atoms with van der Waals surface area (Å²) < 4.78 is 0. The summed E-state index contributed by atoms with van der Waals surface area (Å²) in [5, 5.41) is 3.74. The molecule has 0 saturated carbocycles. The Bertz CT molecular complexity index is 314. The molecule has 88 valence electrons. The van der Waals surface area contributed by atoms with E-state index in [1.54, 1.807) is 0 Å². The van der Waals surface area contributed by atoms with Crippen LogP contribution in [-0.2, 0) is 0 Å². The Morgan fingerprint density at radius 2 is 2.12 bits per heavy atom. The second kappa shape index (κ2) is 7.76. The zero-order valence-corrected chi connectivity index (χ0v) is 11.1. The Labute approximate surface area is 107 Å². The first-order valence-electron chi connectivity index (χ1n) is 5.31. The minimum atomic E-state index is 0.140. The predicted octanol–water partition coefficient (Wildman–Crippen LogP) is 2.47. The average molecular weight is 255 g/mol. The molecule has 2 nitrogen and oxygen atoms in total. The minimum Gasteiger partial charge on any atom is -0.315 e. The smallest absolute Gasteiger partial charge is 0.219 e. The van der Waals surface area contributed by atoms with Gasteiger partial charge in [-0.05, 0) is 0 Å². The fourth-order valence-electron chi connectivity index (χ4n) is 1.18. The molecule has 1 N–H and O–H groups in total. The maximum Gasteiger partial charge on any atom is 0.219 e. The van der Waals surface area contributed by atoms with Crippen LogP contribution in [0.15, 0.2) is 30.3 Å². The number of nitrogens with one attached hydrogen (secondary N) is 1. The van der Waals surface area contributed by atoms with Crippen LogP contribution in [0.2, 0.25) is 0 Å². The predicted molar refractivity (Wildman–Crippen MR) is 74.5 cm³/mol. The number of benzene rings is 1. The molecule has 0 saturated heterocycles. The molecule has 1 aromatic carbocycles. The van der Waals surface area contributed by atoms with Gasteiger partial charge in [0.05, 0.1) is 0 Å². The molecule has 0 aliphatic carbocycles.